The Kier molecular flexibility index (Phi) is 6.01. The Morgan fingerprint density at radius 1 is 1.29 bits per heavy atom. The summed E-state index contributed by atoms with van der Waals surface area (Å²) in [4.78, 5) is 15.5. The van der Waals surface area contributed by atoms with E-state index in [2.05, 4.69) is 10.2 Å². The van der Waals surface area contributed by atoms with Crippen molar-refractivity contribution in [3.05, 3.63) is 46.3 Å². The van der Waals surface area contributed by atoms with Crippen molar-refractivity contribution in [1.82, 2.24) is 19.5 Å². The maximum atomic E-state index is 13.0. The minimum Gasteiger partial charge on any atom is -0.333 e. The first kappa shape index (κ1) is 22.1. The Bertz CT molecular complexity index is 1190. The third-order valence-electron chi connectivity index (χ3n) is 4.90. The summed E-state index contributed by atoms with van der Waals surface area (Å²) in [5.41, 5.74) is -0.608. The highest BCUT2D eigenvalue weighted by Gasteiger charge is 2.35. The molecule has 7 nitrogen and oxygen atoms in total. The highest BCUT2D eigenvalue weighted by atomic mass is 32.2. The average Bonchev–Trinajstić information content (AvgIpc) is 3.43. The van der Waals surface area contributed by atoms with Crippen molar-refractivity contribution in [2.45, 2.75) is 30.3 Å². The van der Waals surface area contributed by atoms with E-state index in [1.807, 2.05) is 17.5 Å². The first-order valence-electron chi connectivity index (χ1n) is 9.19. The van der Waals surface area contributed by atoms with Crippen molar-refractivity contribution in [3.63, 3.8) is 0 Å². The van der Waals surface area contributed by atoms with Gasteiger partial charge in [0.1, 0.15) is 0 Å². The van der Waals surface area contributed by atoms with E-state index in [0.29, 0.717) is 6.42 Å². The number of carbonyl (C=O) groups excluding carboxylic acids is 1. The van der Waals surface area contributed by atoms with Gasteiger partial charge >= 0.3 is 6.18 Å². The monoisotopic (exact) mass is 490 g/mol. The van der Waals surface area contributed by atoms with Crippen LogP contribution in [0.5, 0.6) is 0 Å². The molecule has 0 bridgehead atoms. The molecule has 1 saturated heterocycles. The molecule has 13 heteroatoms. The summed E-state index contributed by atoms with van der Waals surface area (Å²) in [6, 6.07) is 5.43. The second-order valence-corrected chi connectivity index (χ2v) is 11.3. The normalized spacial score (nSPS) is 18.5. The van der Waals surface area contributed by atoms with Crippen molar-refractivity contribution in [1.29, 1.82) is 0 Å². The van der Waals surface area contributed by atoms with Crippen LogP contribution in [0.4, 0.5) is 13.2 Å². The molecule has 4 rings (SSSR count). The molecule has 3 aromatic heterocycles. The van der Waals surface area contributed by atoms with Gasteiger partial charge in [0.05, 0.1) is 29.4 Å². The van der Waals surface area contributed by atoms with E-state index in [-0.39, 0.29) is 40.5 Å². The van der Waals surface area contributed by atoms with Crippen LogP contribution in [0.15, 0.2) is 41.0 Å². The molecule has 0 radical (unpaired) electrons. The first-order chi connectivity index (χ1) is 14.6. The van der Waals surface area contributed by atoms with Crippen LogP contribution in [0.1, 0.15) is 16.9 Å². The van der Waals surface area contributed by atoms with Crippen LogP contribution in [-0.2, 0) is 27.4 Å². The lowest BCUT2D eigenvalue weighted by atomic mass is 10.2. The summed E-state index contributed by atoms with van der Waals surface area (Å²) in [7, 11) is -3.19. The third-order valence-corrected chi connectivity index (χ3v) is 8.44. The molecule has 4 heterocycles. The number of carbonyl (C=O) groups is 1. The standard InChI is InChI=1S/C18H17F3N4O3S3/c19-18(20,21)12-3-4-15-22-23-17(25(15)8-12)30-10-16(26)24(9-14-2-1-6-29-14)13-5-7-31(27,28)11-13/h1-4,6,8,13H,5,7,9-11H2. The van der Waals surface area contributed by atoms with E-state index >= 15 is 0 Å². The van der Waals surface area contributed by atoms with Crippen LogP contribution in [0.25, 0.3) is 5.65 Å². The maximum Gasteiger partial charge on any atom is 0.417 e. The fourth-order valence-electron chi connectivity index (χ4n) is 3.36. The predicted molar refractivity (Wildman–Crippen MR) is 111 cm³/mol. The lowest BCUT2D eigenvalue weighted by Crippen LogP contribution is -2.41. The number of thioether (sulfide) groups is 1. The zero-order valence-corrected chi connectivity index (χ0v) is 18.4. The largest absolute Gasteiger partial charge is 0.417 e. The third kappa shape index (κ3) is 5.04. The van der Waals surface area contributed by atoms with Gasteiger partial charge in [0.15, 0.2) is 20.6 Å². The van der Waals surface area contributed by atoms with E-state index in [1.54, 1.807) is 4.90 Å². The van der Waals surface area contributed by atoms with Gasteiger partial charge in [-0.3, -0.25) is 9.20 Å². The predicted octanol–water partition coefficient (Wildman–Crippen LogP) is 3.12. The smallest absolute Gasteiger partial charge is 0.333 e. The molecule has 166 valence electrons. The van der Waals surface area contributed by atoms with E-state index < -0.39 is 27.6 Å². The van der Waals surface area contributed by atoms with Crippen LogP contribution in [-0.4, -0.2) is 57.1 Å². The molecule has 1 amide bonds. The van der Waals surface area contributed by atoms with Crippen LogP contribution >= 0.6 is 23.1 Å². The molecule has 1 unspecified atom stereocenters. The van der Waals surface area contributed by atoms with Crippen molar-refractivity contribution in [2.24, 2.45) is 0 Å². The van der Waals surface area contributed by atoms with Gasteiger partial charge in [0.2, 0.25) is 5.91 Å². The molecule has 1 atom stereocenters. The zero-order valence-electron chi connectivity index (χ0n) is 15.9. The van der Waals surface area contributed by atoms with Gasteiger partial charge in [-0.05, 0) is 30.0 Å². The number of fused-ring (bicyclic) bond motifs is 1. The van der Waals surface area contributed by atoms with Crippen LogP contribution < -0.4 is 0 Å². The van der Waals surface area contributed by atoms with Gasteiger partial charge < -0.3 is 4.90 Å². The SMILES string of the molecule is O=C(CSc1nnc2ccc(C(F)(F)F)cn12)N(Cc1cccs1)C1CCS(=O)(=O)C1. The van der Waals surface area contributed by atoms with Gasteiger partial charge in [0, 0.05) is 17.1 Å². The maximum absolute atomic E-state index is 13.0. The summed E-state index contributed by atoms with van der Waals surface area (Å²) in [6.07, 6.45) is -3.25. The second kappa shape index (κ2) is 8.43. The first-order valence-corrected chi connectivity index (χ1v) is 12.9. The minimum atomic E-state index is -4.51. The Balaban J connectivity index is 1.52. The molecular formula is C18H17F3N4O3S3. The Morgan fingerprint density at radius 2 is 2.10 bits per heavy atom. The number of alkyl halides is 3. The number of halogens is 3. The van der Waals surface area contributed by atoms with E-state index in [0.717, 1.165) is 28.9 Å². The molecule has 0 spiro atoms. The quantitative estimate of drug-likeness (QED) is 0.494. The zero-order chi connectivity index (χ0) is 22.2. The number of nitrogens with zero attached hydrogens (tertiary/aromatic N) is 4. The van der Waals surface area contributed by atoms with Crippen LogP contribution in [0, 0.1) is 0 Å². The lowest BCUT2D eigenvalue weighted by molar-refractivity contribution is -0.138. The second-order valence-electron chi connectivity index (χ2n) is 7.07. The Morgan fingerprint density at radius 3 is 2.74 bits per heavy atom. The molecular weight excluding hydrogens is 473 g/mol. The van der Waals surface area contributed by atoms with Gasteiger partial charge in [-0.15, -0.1) is 21.5 Å². The van der Waals surface area contributed by atoms with Gasteiger partial charge in [-0.25, -0.2) is 8.42 Å². The van der Waals surface area contributed by atoms with E-state index in [9.17, 15) is 26.4 Å². The summed E-state index contributed by atoms with van der Waals surface area (Å²) in [5.74, 6) is -0.450. The lowest BCUT2D eigenvalue weighted by Gasteiger charge is -2.27. The van der Waals surface area contributed by atoms with Crippen molar-refractivity contribution in [3.8, 4) is 0 Å². The minimum absolute atomic E-state index is 0.0358. The number of rotatable bonds is 6. The Hall–Kier alpha value is -2.12. The number of sulfone groups is 1. The average molecular weight is 491 g/mol. The number of hydrogen-bond acceptors (Lipinski definition) is 7. The molecule has 0 aliphatic carbocycles. The van der Waals surface area contributed by atoms with Crippen molar-refractivity contribution >= 4 is 44.5 Å². The fourth-order valence-corrected chi connectivity index (χ4v) is 6.59. The highest BCUT2D eigenvalue weighted by Crippen LogP contribution is 2.30. The fraction of sp³-hybridized carbons (Fsp3) is 0.389. The number of aromatic nitrogens is 3. The summed E-state index contributed by atoms with van der Waals surface area (Å²) >= 11 is 2.43. The molecule has 1 aliphatic heterocycles. The van der Waals surface area contributed by atoms with Crippen molar-refractivity contribution < 1.29 is 26.4 Å². The molecule has 0 N–H and O–H groups in total. The van der Waals surface area contributed by atoms with Crippen molar-refractivity contribution in [2.75, 3.05) is 17.3 Å². The van der Waals surface area contributed by atoms with Crippen LogP contribution in [0.3, 0.4) is 0 Å². The number of amides is 1. The Labute approximate surface area is 184 Å². The van der Waals surface area contributed by atoms with Gasteiger partial charge in [-0.2, -0.15) is 13.2 Å². The summed E-state index contributed by atoms with van der Waals surface area (Å²) < 4.78 is 64.1. The van der Waals surface area contributed by atoms with Crippen LogP contribution in [0.2, 0.25) is 0 Å². The van der Waals surface area contributed by atoms with E-state index in [4.69, 9.17) is 0 Å². The number of hydrogen-bond donors (Lipinski definition) is 0. The van der Waals surface area contributed by atoms with Gasteiger partial charge in [-0.1, -0.05) is 17.8 Å². The number of pyridine rings is 1. The molecule has 0 saturated carbocycles. The summed E-state index contributed by atoms with van der Waals surface area (Å²) in [6.45, 7) is 0.288. The molecule has 3 aromatic rings. The van der Waals surface area contributed by atoms with Gasteiger partial charge in [0.25, 0.3) is 0 Å². The molecule has 0 aromatic carbocycles. The molecule has 1 fully saturated rings. The number of thiophene rings is 1. The van der Waals surface area contributed by atoms with E-state index in [1.165, 1.54) is 21.8 Å². The molecule has 1 aliphatic rings. The summed E-state index contributed by atoms with van der Waals surface area (Å²) in [5, 5.41) is 9.76. The topological polar surface area (TPSA) is 84.6 Å². The highest BCUT2D eigenvalue weighted by molar-refractivity contribution is 7.99. The molecule has 31 heavy (non-hydrogen) atoms.